The monoisotopic (exact) mass is 385 g/mol. The molecule has 132 valence electrons. The maximum absolute atomic E-state index is 13.0. The Morgan fingerprint density at radius 1 is 0.962 bits per heavy atom. The third-order valence-electron chi connectivity index (χ3n) is 3.99. The summed E-state index contributed by atoms with van der Waals surface area (Å²) >= 11 is 1.04. The van der Waals surface area contributed by atoms with Crippen LogP contribution < -0.4 is 9.62 Å². The maximum Gasteiger partial charge on any atom is 0.263 e. The standard InChI is InChI=1S/C17H15N5O2S2/c1-22(2)14-7-3-6-12-11(14)5-4-8-15(12)26(23,24)21-16-10-9-13-17(18-16)20-25-19-13/h3-10H,1-2H3,(H,18,20,21). The van der Waals surface area contributed by atoms with Crippen molar-refractivity contribution < 1.29 is 8.42 Å². The van der Waals surface area contributed by atoms with E-state index in [9.17, 15) is 8.42 Å². The molecule has 0 spiro atoms. The molecule has 0 fully saturated rings. The average molecular weight is 385 g/mol. The van der Waals surface area contributed by atoms with E-state index < -0.39 is 10.0 Å². The van der Waals surface area contributed by atoms with E-state index in [0.29, 0.717) is 16.6 Å². The van der Waals surface area contributed by atoms with Crippen LogP contribution in [-0.4, -0.2) is 36.2 Å². The number of fused-ring (bicyclic) bond motifs is 2. The van der Waals surface area contributed by atoms with Gasteiger partial charge in [-0.25, -0.2) is 13.4 Å². The van der Waals surface area contributed by atoms with Crippen LogP contribution in [0.4, 0.5) is 11.5 Å². The molecule has 1 N–H and O–H groups in total. The lowest BCUT2D eigenvalue weighted by Crippen LogP contribution is -2.15. The maximum atomic E-state index is 13.0. The third-order valence-corrected chi connectivity index (χ3v) is 5.94. The number of hydrogen-bond acceptors (Lipinski definition) is 7. The molecule has 0 aliphatic carbocycles. The van der Waals surface area contributed by atoms with Gasteiger partial charge in [-0.15, -0.1) is 0 Å². The van der Waals surface area contributed by atoms with E-state index in [1.807, 2.05) is 37.2 Å². The lowest BCUT2D eigenvalue weighted by molar-refractivity contribution is 0.602. The summed E-state index contributed by atoms with van der Waals surface area (Å²) in [6, 6.07) is 14.1. The molecule has 0 unspecified atom stereocenters. The second-order valence-electron chi connectivity index (χ2n) is 5.93. The smallest absolute Gasteiger partial charge is 0.263 e. The Morgan fingerprint density at radius 2 is 1.73 bits per heavy atom. The molecule has 2 aromatic carbocycles. The van der Waals surface area contributed by atoms with Gasteiger partial charge in [-0.05, 0) is 24.3 Å². The van der Waals surface area contributed by atoms with Gasteiger partial charge in [-0.2, -0.15) is 8.75 Å². The number of pyridine rings is 1. The first-order valence-electron chi connectivity index (χ1n) is 7.77. The Bertz CT molecular complexity index is 1220. The number of hydrogen-bond donors (Lipinski definition) is 1. The highest BCUT2D eigenvalue weighted by Gasteiger charge is 2.19. The van der Waals surface area contributed by atoms with Gasteiger partial charge in [0.2, 0.25) is 0 Å². The molecule has 7 nitrogen and oxygen atoms in total. The first-order chi connectivity index (χ1) is 12.5. The van der Waals surface area contributed by atoms with Crippen LogP contribution >= 0.6 is 11.7 Å². The normalized spacial score (nSPS) is 11.8. The Morgan fingerprint density at radius 3 is 2.54 bits per heavy atom. The van der Waals surface area contributed by atoms with E-state index in [-0.39, 0.29) is 10.7 Å². The zero-order valence-corrected chi connectivity index (χ0v) is 15.7. The average Bonchev–Trinajstić information content (AvgIpc) is 3.08. The van der Waals surface area contributed by atoms with Gasteiger partial charge in [0, 0.05) is 30.6 Å². The minimum atomic E-state index is -3.81. The highest BCUT2D eigenvalue weighted by atomic mass is 32.2. The number of sulfonamides is 1. The van der Waals surface area contributed by atoms with E-state index in [2.05, 4.69) is 18.5 Å². The van der Waals surface area contributed by atoms with Crippen molar-refractivity contribution in [1.82, 2.24) is 13.7 Å². The summed E-state index contributed by atoms with van der Waals surface area (Å²) in [7, 11) is 0.0417. The Hall–Kier alpha value is -2.78. The van der Waals surface area contributed by atoms with E-state index in [0.717, 1.165) is 22.8 Å². The topological polar surface area (TPSA) is 88.1 Å². The summed E-state index contributed by atoms with van der Waals surface area (Å²) in [6.07, 6.45) is 0. The minimum absolute atomic E-state index is 0.206. The molecule has 0 saturated heterocycles. The van der Waals surface area contributed by atoms with Gasteiger partial charge in [0.15, 0.2) is 5.65 Å². The predicted molar refractivity (Wildman–Crippen MR) is 104 cm³/mol. The first kappa shape index (κ1) is 16.7. The van der Waals surface area contributed by atoms with E-state index >= 15 is 0 Å². The number of rotatable bonds is 4. The molecule has 2 heterocycles. The Balaban J connectivity index is 1.81. The van der Waals surface area contributed by atoms with Crippen LogP contribution in [0.1, 0.15) is 0 Å². The number of nitrogens with one attached hydrogen (secondary N) is 1. The van der Waals surface area contributed by atoms with Crippen LogP contribution in [0.15, 0.2) is 53.4 Å². The van der Waals surface area contributed by atoms with Gasteiger partial charge in [0.05, 0.1) is 16.6 Å². The quantitative estimate of drug-likeness (QED) is 0.581. The zero-order valence-electron chi connectivity index (χ0n) is 14.0. The summed E-state index contributed by atoms with van der Waals surface area (Å²) < 4.78 is 36.6. The first-order valence-corrected chi connectivity index (χ1v) is 9.98. The van der Waals surface area contributed by atoms with Gasteiger partial charge < -0.3 is 4.90 Å². The van der Waals surface area contributed by atoms with Crippen LogP contribution in [-0.2, 0) is 10.0 Å². The van der Waals surface area contributed by atoms with E-state index in [1.165, 1.54) is 0 Å². The van der Waals surface area contributed by atoms with Crippen molar-refractivity contribution in [3.8, 4) is 0 Å². The fourth-order valence-corrected chi connectivity index (χ4v) is 4.53. The lowest BCUT2D eigenvalue weighted by Gasteiger charge is -2.17. The van der Waals surface area contributed by atoms with Gasteiger partial charge in [0.1, 0.15) is 11.3 Å². The molecule has 0 radical (unpaired) electrons. The molecule has 9 heteroatoms. The fraction of sp³-hybridized carbons (Fsp3) is 0.118. The second kappa shape index (κ2) is 6.19. The molecule has 0 bridgehead atoms. The summed E-state index contributed by atoms with van der Waals surface area (Å²) in [5.41, 5.74) is 2.01. The fourth-order valence-electron chi connectivity index (χ4n) is 2.82. The van der Waals surface area contributed by atoms with E-state index in [4.69, 9.17) is 0 Å². The molecule has 26 heavy (non-hydrogen) atoms. The highest BCUT2D eigenvalue weighted by Crippen LogP contribution is 2.31. The van der Waals surface area contributed by atoms with Crippen LogP contribution in [0.25, 0.3) is 21.9 Å². The molecular formula is C17H15N5O2S2. The third kappa shape index (κ3) is 2.85. The highest BCUT2D eigenvalue weighted by molar-refractivity contribution is 7.93. The molecule has 4 rings (SSSR count). The molecule has 2 aromatic heterocycles. The van der Waals surface area contributed by atoms with E-state index in [1.54, 1.807) is 30.3 Å². The van der Waals surface area contributed by atoms with Crippen molar-refractivity contribution >= 4 is 55.2 Å². The van der Waals surface area contributed by atoms with Crippen LogP contribution in [0.2, 0.25) is 0 Å². The number of nitrogens with zero attached hydrogens (tertiary/aromatic N) is 4. The van der Waals surface area contributed by atoms with Gasteiger partial charge in [-0.1, -0.05) is 24.3 Å². The molecule has 0 amide bonds. The van der Waals surface area contributed by atoms with Crippen LogP contribution in [0.5, 0.6) is 0 Å². The van der Waals surface area contributed by atoms with Crippen molar-refractivity contribution in [2.45, 2.75) is 4.90 Å². The van der Waals surface area contributed by atoms with Crippen molar-refractivity contribution in [1.29, 1.82) is 0 Å². The predicted octanol–water partition coefficient (Wildman–Crippen LogP) is 3.11. The van der Waals surface area contributed by atoms with Crippen molar-refractivity contribution in [3.05, 3.63) is 48.5 Å². The zero-order chi connectivity index (χ0) is 18.3. The molecule has 0 aliphatic heterocycles. The molecule has 0 aliphatic rings. The number of anilines is 2. The van der Waals surface area contributed by atoms with Gasteiger partial charge in [-0.3, -0.25) is 4.72 Å². The number of benzene rings is 2. The SMILES string of the molecule is CN(C)c1cccc2c(S(=O)(=O)Nc3ccc4nsnc4n3)cccc12. The Labute approximate surface area is 154 Å². The summed E-state index contributed by atoms with van der Waals surface area (Å²) in [5, 5.41) is 1.52. The molecule has 0 saturated carbocycles. The second-order valence-corrected chi connectivity index (χ2v) is 8.11. The van der Waals surface area contributed by atoms with Gasteiger partial charge in [0.25, 0.3) is 10.0 Å². The largest absolute Gasteiger partial charge is 0.377 e. The van der Waals surface area contributed by atoms with Crippen molar-refractivity contribution in [2.75, 3.05) is 23.7 Å². The summed E-state index contributed by atoms with van der Waals surface area (Å²) in [5.74, 6) is 0.214. The van der Waals surface area contributed by atoms with Crippen molar-refractivity contribution in [3.63, 3.8) is 0 Å². The summed E-state index contributed by atoms with van der Waals surface area (Å²) in [6.45, 7) is 0. The molecule has 4 aromatic rings. The van der Waals surface area contributed by atoms with Crippen LogP contribution in [0, 0.1) is 0 Å². The minimum Gasteiger partial charge on any atom is -0.377 e. The number of aromatic nitrogens is 3. The lowest BCUT2D eigenvalue weighted by atomic mass is 10.1. The van der Waals surface area contributed by atoms with Crippen molar-refractivity contribution in [2.24, 2.45) is 0 Å². The Kier molecular flexibility index (Phi) is 3.97. The van der Waals surface area contributed by atoms with Crippen LogP contribution in [0.3, 0.4) is 0 Å². The molecule has 0 atom stereocenters. The van der Waals surface area contributed by atoms with Gasteiger partial charge >= 0.3 is 0 Å². The summed E-state index contributed by atoms with van der Waals surface area (Å²) in [4.78, 5) is 6.37. The molecular weight excluding hydrogens is 370 g/mol.